The van der Waals surface area contributed by atoms with Gasteiger partial charge in [0.1, 0.15) is 5.78 Å². The first kappa shape index (κ1) is 12.6. The minimum Gasteiger partial charge on any atom is -0.393 e. The lowest BCUT2D eigenvalue weighted by atomic mass is 9.89. The van der Waals surface area contributed by atoms with Crippen LogP contribution in [0.25, 0.3) is 0 Å². The number of hydrogen-bond donors (Lipinski definition) is 1. The molecule has 0 aromatic carbocycles. The standard InChI is InChI=1S/C11H22O2/c1-9(12)5-6-10(13)7-8-11(2,3)4/h9,12H,5-8H2,1-4H3. The van der Waals surface area contributed by atoms with Crippen molar-refractivity contribution in [3.63, 3.8) is 0 Å². The van der Waals surface area contributed by atoms with Crippen molar-refractivity contribution in [3.05, 3.63) is 0 Å². The third kappa shape index (κ3) is 9.54. The summed E-state index contributed by atoms with van der Waals surface area (Å²) >= 11 is 0. The van der Waals surface area contributed by atoms with Gasteiger partial charge in [0.25, 0.3) is 0 Å². The molecule has 0 aromatic heterocycles. The van der Waals surface area contributed by atoms with Gasteiger partial charge in [0, 0.05) is 12.8 Å². The average Bonchev–Trinajstić information content (AvgIpc) is 1.95. The highest BCUT2D eigenvalue weighted by Gasteiger charge is 2.12. The van der Waals surface area contributed by atoms with Crippen molar-refractivity contribution in [1.82, 2.24) is 0 Å². The number of aliphatic hydroxyl groups excluding tert-OH is 1. The molecule has 1 atom stereocenters. The monoisotopic (exact) mass is 186 g/mol. The van der Waals surface area contributed by atoms with Crippen molar-refractivity contribution in [2.45, 2.75) is 59.5 Å². The van der Waals surface area contributed by atoms with E-state index in [0.29, 0.717) is 19.3 Å². The molecule has 2 heteroatoms. The van der Waals surface area contributed by atoms with E-state index in [9.17, 15) is 4.79 Å². The second-order valence-corrected chi connectivity index (χ2v) is 4.99. The Kier molecular flexibility index (Phi) is 5.23. The summed E-state index contributed by atoms with van der Waals surface area (Å²) in [7, 11) is 0. The molecule has 0 amide bonds. The second-order valence-electron chi connectivity index (χ2n) is 4.99. The van der Waals surface area contributed by atoms with Crippen molar-refractivity contribution in [2.24, 2.45) is 5.41 Å². The lowest BCUT2D eigenvalue weighted by molar-refractivity contribution is -0.120. The van der Waals surface area contributed by atoms with Crippen LogP contribution in [-0.2, 0) is 4.79 Å². The van der Waals surface area contributed by atoms with E-state index in [1.165, 1.54) is 0 Å². The summed E-state index contributed by atoms with van der Waals surface area (Å²) in [4.78, 5) is 11.3. The third-order valence-electron chi connectivity index (χ3n) is 1.99. The Hall–Kier alpha value is -0.370. The van der Waals surface area contributed by atoms with Crippen LogP contribution in [0.1, 0.15) is 53.4 Å². The Bertz CT molecular complexity index is 154. The van der Waals surface area contributed by atoms with E-state index < -0.39 is 0 Å². The van der Waals surface area contributed by atoms with Gasteiger partial charge >= 0.3 is 0 Å². The van der Waals surface area contributed by atoms with E-state index in [4.69, 9.17) is 5.11 Å². The number of carbonyl (C=O) groups is 1. The van der Waals surface area contributed by atoms with E-state index in [1.54, 1.807) is 6.92 Å². The molecular formula is C11H22O2. The van der Waals surface area contributed by atoms with E-state index in [0.717, 1.165) is 6.42 Å². The van der Waals surface area contributed by atoms with Gasteiger partial charge in [-0.1, -0.05) is 20.8 Å². The fourth-order valence-corrected chi connectivity index (χ4v) is 1.01. The molecule has 0 aliphatic rings. The van der Waals surface area contributed by atoms with Gasteiger partial charge in [0.2, 0.25) is 0 Å². The molecule has 0 aliphatic carbocycles. The Labute approximate surface area is 81.3 Å². The van der Waals surface area contributed by atoms with Gasteiger partial charge in [0.05, 0.1) is 6.10 Å². The lowest BCUT2D eigenvalue weighted by Gasteiger charge is -2.17. The van der Waals surface area contributed by atoms with Crippen LogP contribution in [-0.4, -0.2) is 17.0 Å². The maximum absolute atomic E-state index is 11.3. The van der Waals surface area contributed by atoms with Crippen LogP contribution >= 0.6 is 0 Å². The molecule has 2 nitrogen and oxygen atoms in total. The minimum atomic E-state index is -0.349. The molecule has 0 heterocycles. The van der Waals surface area contributed by atoms with Gasteiger partial charge in [-0.25, -0.2) is 0 Å². The first-order valence-electron chi connectivity index (χ1n) is 5.01. The zero-order valence-electron chi connectivity index (χ0n) is 9.26. The quantitative estimate of drug-likeness (QED) is 0.716. The van der Waals surface area contributed by atoms with Crippen LogP contribution < -0.4 is 0 Å². The van der Waals surface area contributed by atoms with Gasteiger partial charge in [-0.2, -0.15) is 0 Å². The van der Waals surface area contributed by atoms with Crippen LogP contribution in [0.2, 0.25) is 0 Å². The van der Waals surface area contributed by atoms with Crippen molar-refractivity contribution < 1.29 is 9.90 Å². The van der Waals surface area contributed by atoms with Crippen molar-refractivity contribution in [1.29, 1.82) is 0 Å². The first-order chi connectivity index (χ1) is 5.81. The SMILES string of the molecule is CC(O)CCC(=O)CCC(C)(C)C. The molecule has 0 fully saturated rings. The molecule has 0 rings (SSSR count). The lowest BCUT2D eigenvalue weighted by Crippen LogP contribution is -2.10. The zero-order valence-corrected chi connectivity index (χ0v) is 9.26. The molecule has 1 unspecified atom stereocenters. The summed E-state index contributed by atoms with van der Waals surface area (Å²) < 4.78 is 0. The van der Waals surface area contributed by atoms with E-state index in [-0.39, 0.29) is 17.3 Å². The molecular weight excluding hydrogens is 164 g/mol. The van der Waals surface area contributed by atoms with Gasteiger partial charge in [-0.15, -0.1) is 0 Å². The normalized spacial score (nSPS) is 14.2. The Morgan fingerprint density at radius 1 is 1.31 bits per heavy atom. The van der Waals surface area contributed by atoms with E-state index >= 15 is 0 Å². The molecule has 0 saturated heterocycles. The Morgan fingerprint density at radius 3 is 2.23 bits per heavy atom. The number of carbonyl (C=O) groups excluding carboxylic acids is 1. The number of aliphatic hydroxyl groups is 1. The topological polar surface area (TPSA) is 37.3 Å². The average molecular weight is 186 g/mol. The summed E-state index contributed by atoms with van der Waals surface area (Å²) in [5.41, 5.74) is 0.237. The predicted octanol–water partition coefficient (Wildman–Crippen LogP) is 2.54. The summed E-state index contributed by atoms with van der Waals surface area (Å²) in [6, 6.07) is 0. The molecule has 0 aromatic rings. The molecule has 13 heavy (non-hydrogen) atoms. The zero-order chi connectivity index (χ0) is 10.5. The van der Waals surface area contributed by atoms with Crippen molar-refractivity contribution in [2.75, 3.05) is 0 Å². The first-order valence-corrected chi connectivity index (χ1v) is 5.01. The molecule has 0 aliphatic heterocycles. The van der Waals surface area contributed by atoms with E-state index in [2.05, 4.69) is 20.8 Å². The highest BCUT2D eigenvalue weighted by molar-refractivity contribution is 5.78. The van der Waals surface area contributed by atoms with E-state index in [1.807, 2.05) is 0 Å². The fraction of sp³-hybridized carbons (Fsp3) is 0.909. The van der Waals surface area contributed by atoms with Gasteiger partial charge in [0.15, 0.2) is 0 Å². The minimum absolute atomic E-state index is 0.237. The number of ketones is 1. The summed E-state index contributed by atoms with van der Waals surface area (Å²) in [5, 5.41) is 8.98. The highest BCUT2D eigenvalue weighted by atomic mass is 16.3. The fourth-order valence-electron chi connectivity index (χ4n) is 1.01. The third-order valence-corrected chi connectivity index (χ3v) is 1.99. The number of rotatable bonds is 5. The summed E-state index contributed by atoms with van der Waals surface area (Å²) in [6.07, 6.45) is 2.36. The molecule has 78 valence electrons. The maximum atomic E-state index is 11.3. The number of Topliss-reactive ketones (excluding diaryl/α,β-unsaturated/α-hetero) is 1. The molecule has 0 spiro atoms. The predicted molar refractivity (Wildman–Crippen MR) is 54.6 cm³/mol. The van der Waals surface area contributed by atoms with Gasteiger partial charge < -0.3 is 5.11 Å². The number of hydrogen-bond acceptors (Lipinski definition) is 2. The maximum Gasteiger partial charge on any atom is 0.133 e. The second kappa shape index (κ2) is 5.38. The van der Waals surface area contributed by atoms with Crippen LogP contribution in [0.15, 0.2) is 0 Å². The van der Waals surface area contributed by atoms with Crippen molar-refractivity contribution in [3.8, 4) is 0 Å². The smallest absolute Gasteiger partial charge is 0.133 e. The van der Waals surface area contributed by atoms with Crippen LogP contribution in [0, 0.1) is 5.41 Å². The molecule has 0 radical (unpaired) electrons. The molecule has 0 bridgehead atoms. The largest absolute Gasteiger partial charge is 0.393 e. The van der Waals surface area contributed by atoms with Gasteiger partial charge in [-0.05, 0) is 25.2 Å². The molecule has 1 N–H and O–H groups in total. The van der Waals surface area contributed by atoms with Crippen LogP contribution in [0.4, 0.5) is 0 Å². The highest BCUT2D eigenvalue weighted by Crippen LogP contribution is 2.21. The van der Waals surface area contributed by atoms with Crippen molar-refractivity contribution >= 4 is 5.78 Å². The summed E-state index contributed by atoms with van der Waals surface area (Å²) in [6.45, 7) is 8.12. The van der Waals surface area contributed by atoms with Crippen LogP contribution in [0.3, 0.4) is 0 Å². The Balaban J connectivity index is 3.53. The Morgan fingerprint density at radius 2 is 1.85 bits per heavy atom. The van der Waals surface area contributed by atoms with Crippen LogP contribution in [0.5, 0.6) is 0 Å². The molecule has 0 saturated carbocycles. The van der Waals surface area contributed by atoms with Gasteiger partial charge in [-0.3, -0.25) is 4.79 Å². The summed E-state index contributed by atoms with van der Waals surface area (Å²) in [5.74, 6) is 0.274.